The van der Waals surface area contributed by atoms with Crippen molar-refractivity contribution in [2.24, 2.45) is 0 Å². The summed E-state index contributed by atoms with van der Waals surface area (Å²) in [5.41, 5.74) is 2.25. The van der Waals surface area contributed by atoms with Crippen LogP contribution in [0.15, 0.2) is 57.2 Å². The van der Waals surface area contributed by atoms with Crippen molar-refractivity contribution >= 4 is 34.9 Å². The highest BCUT2D eigenvalue weighted by Crippen LogP contribution is 2.48. The van der Waals surface area contributed by atoms with Crippen LogP contribution in [-0.4, -0.2) is 61.7 Å². The van der Waals surface area contributed by atoms with Crippen molar-refractivity contribution in [3.05, 3.63) is 42.5 Å². The molecule has 2 aromatic rings. The lowest BCUT2D eigenvalue weighted by Crippen LogP contribution is -2.45. The number of rotatable bonds is 6. The maximum Gasteiger partial charge on any atom is 0.0564 e. The van der Waals surface area contributed by atoms with Crippen molar-refractivity contribution in [1.82, 2.24) is 9.80 Å². The highest BCUT2D eigenvalue weighted by molar-refractivity contribution is 8.00. The summed E-state index contributed by atoms with van der Waals surface area (Å²) in [5.74, 6) is 1.01. The molecule has 0 radical (unpaired) electrons. The van der Waals surface area contributed by atoms with Gasteiger partial charge in [0.25, 0.3) is 0 Å². The Hall–Kier alpha value is -1.14. The summed E-state index contributed by atoms with van der Waals surface area (Å²) >= 11 is 3.57. The molecule has 2 aliphatic heterocycles. The molecular formula is C22H29N3S2. The van der Waals surface area contributed by atoms with Gasteiger partial charge in [0, 0.05) is 54.3 Å². The van der Waals surface area contributed by atoms with Crippen molar-refractivity contribution in [3.8, 4) is 0 Å². The smallest absolute Gasteiger partial charge is 0.0564 e. The predicted molar refractivity (Wildman–Crippen MR) is 119 cm³/mol. The van der Waals surface area contributed by atoms with Gasteiger partial charge in [0.1, 0.15) is 0 Å². The maximum absolute atomic E-state index is 8.73. The molecule has 0 unspecified atom stereocenters. The van der Waals surface area contributed by atoms with Crippen LogP contribution in [0.3, 0.4) is 0 Å². The van der Waals surface area contributed by atoms with Crippen LogP contribution in [0.25, 0.3) is 0 Å². The first-order valence-electron chi connectivity index (χ1n) is 12.0. The molecule has 1 fully saturated rings. The van der Waals surface area contributed by atoms with E-state index in [1.165, 1.54) is 19.6 Å². The van der Waals surface area contributed by atoms with Gasteiger partial charge in [-0.05, 0) is 56.0 Å². The van der Waals surface area contributed by atoms with Gasteiger partial charge >= 0.3 is 0 Å². The molecule has 144 valence electrons. The summed E-state index contributed by atoms with van der Waals surface area (Å²) in [6, 6.07) is 14.9. The number of hydrogen-bond acceptors (Lipinski definition) is 5. The molecule has 0 bridgehead atoms. The van der Waals surface area contributed by atoms with Gasteiger partial charge < -0.3 is 14.7 Å². The molecular weight excluding hydrogens is 370 g/mol. The summed E-state index contributed by atoms with van der Waals surface area (Å²) in [6.45, 7) is 0.655. The Morgan fingerprint density at radius 2 is 1.89 bits per heavy atom. The van der Waals surface area contributed by atoms with E-state index in [2.05, 4.69) is 42.2 Å². The van der Waals surface area contributed by atoms with Crippen LogP contribution >= 0.6 is 23.5 Å². The lowest BCUT2D eigenvalue weighted by Gasteiger charge is -2.35. The fraction of sp³-hybridized carbons (Fsp3) is 0.455. The maximum atomic E-state index is 8.73. The van der Waals surface area contributed by atoms with E-state index >= 15 is 0 Å². The first kappa shape index (κ1) is 13.9. The van der Waals surface area contributed by atoms with Crippen LogP contribution in [0, 0.1) is 0 Å². The third kappa shape index (κ3) is 4.48. The Bertz CT molecular complexity index is 945. The molecule has 4 rings (SSSR count). The lowest BCUT2D eigenvalue weighted by atomic mass is 10.2. The van der Waals surface area contributed by atoms with E-state index < -0.39 is 13.5 Å². The highest BCUT2D eigenvalue weighted by atomic mass is 32.2. The molecule has 0 saturated carbocycles. The number of piperazine rings is 1. The summed E-state index contributed by atoms with van der Waals surface area (Å²) in [7, 11) is 0. The number of fused-ring (bicyclic) bond motifs is 2. The standard InChI is InChI=1S/C22H29N3S2/c1-3-26-18-9-10-22-20(17-18)25(19-7-4-5-8-21(19)27-22)12-6-11-24-15-13-23(2)14-16-24/h4-5,7-10,17H,3,6,11-16H2,1-2H3/i2D3,11D2. The fourth-order valence-electron chi connectivity index (χ4n) is 3.49. The Morgan fingerprint density at radius 3 is 2.70 bits per heavy atom. The summed E-state index contributed by atoms with van der Waals surface area (Å²) in [4.78, 5) is 9.10. The predicted octanol–water partition coefficient (Wildman–Crippen LogP) is 5.04. The van der Waals surface area contributed by atoms with Crippen molar-refractivity contribution < 1.29 is 6.85 Å². The number of benzene rings is 2. The van der Waals surface area contributed by atoms with E-state index in [0.717, 1.165) is 17.1 Å². The van der Waals surface area contributed by atoms with Crippen molar-refractivity contribution in [2.45, 2.75) is 28.0 Å². The monoisotopic (exact) mass is 404 g/mol. The molecule has 27 heavy (non-hydrogen) atoms. The molecule has 0 atom stereocenters. The van der Waals surface area contributed by atoms with Crippen LogP contribution in [0.5, 0.6) is 0 Å². The quantitative estimate of drug-likeness (QED) is 0.622. The van der Waals surface area contributed by atoms with Crippen LogP contribution in [-0.2, 0) is 0 Å². The van der Waals surface area contributed by atoms with Crippen molar-refractivity contribution in [1.29, 1.82) is 0 Å². The molecule has 1 saturated heterocycles. The van der Waals surface area contributed by atoms with Gasteiger partial charge in [0.05, 0.1) is 11.4 Å². The van der Waals surface area contributed by atoms with Gasteiger partial charge in [-0.3, -0.25) is 0 Å². The molecule has 0 aliphatic carbocycles. The van der Waals surface area contributed by atoms with E-state index in [9.17, 15) is 0 Å². The second-order valence-electron chi connectivity index (χ2n) is 6.67. The summed E-state index contributed by atoms with van der Waals surface area (Å²) in [6.07, 6.45) is 0.338. The molecule has 0 aromatic heterocycles. The summed E-state index contributed by atoms with van der Waals surface area (Å²) < 4.78 is 40.2. The zero-order valence-electron chi connectivity index (χ0n) is 20.6. The Morgan fingerprint density at radius 1 is 1.07 bits per heavy atom. The number of anilines is 2. The van der Waals surface area contributed by atoms with E-state index in [0.29, 0.717) is 39.1 Å². The van der Waals surface area contributed by atoms with Gasteiger partial charge in [0.15, 0.2) is 0 Å². The number of thioether (sulfide) groups is 1. The summed E-state index contributed by atoms with van der Waals surface area (Å²) in [5, 5.41) is 0. The van der Waals surface area contributed by atoms with Crippen LogP contribution in [0.4, 0.5) is 11.4 Å². The van der Waals surface area contributed by atoms with Gasteiger partial charge in [0.2, 0.25) is 0 Å². The Kier molecular flexibility index (Phi) is 4.60. The molecule has 2 heterocycles. The second-order valence-corrected chi connectivity index (χ2v) is 9.09. The van der Waals surface area contributed by atoms with Crippen LogP contribution in [0.2, 0.25) is 0 Å². The molecule has 2 aromatic carbocycles. The van der Waals surface area contributed by atoms with E-state index in [1.54, 1.807) is 16.7 Å². The van der Waals surface area contributed by atoms with Crippen LogP contribution in [0.1, 0.15) is 20.2 Å². The topological polar surface area (TPSA) is 9.72 Å². The van der Waals surface area contributed by atoms with Crippen molar-refractivity contribution in [2.75, 3.05) is 56.8 Å². The van der Waals surface area contributed by atoms with Crippen molar-refractivity contribution in [3.63, 3.8) is 0 Å². The Balaban J connectivity index is 1.52. The third-order valence-electron chi connectivity index (χ3n) is 4.86. The molecule has 0 amide bonds. The second kappa shape index (κ2) is 8.91. The minimum Gasteiger partial charge on any atom is -0.340 e. The molecule has 2 aliphatic rings. The van der Waals surface area contributed by atoms with E-state index in [4.69, 9.17) is 6.85 Å². The largest absolute Gasteiger partial charge is 0.340 e. The zero-order chi connectivity index (χ0) is 22.9. The first-order chi connectivity index (χ1) is 15.2. The van der Waals surface area contributed by atoms with Gasteiger partial charge in [-0.15, -0.1) is 11.8 Å². The minimum absolute atomic E-state index is 0.338. The lowest BCUT2D eigenvalue weighted by molar-refractivity contribution is 0.153. The Labute approximate surface area is 179 Å². The minimum atomic E-state index is -2.11. The number of para-hydroxylation sites is 1. The fourth-order valence-corrected chi connectivity index (χ4v) is 5.26. The van der Waals surface area contributed by atoms with E-state index in [-0.39, 0.29) is 0 Å². The molecule has 3 nitrogen and oxygen atoms in total. The van der Waals surface area contributed by atoms with E-state index in [1.807, 2.05) is 23.9 Å². The van der Waals surface area contributed by atoms with Crippen LogP contribution < -0.4 is 4.90 Å². The third-order valence-corrected chi connectivity index (χ3v) is 6.86. The molecule has 0 N–H and O–H groups in total. The van der Waals surface area contributed by atoms with Gasteiger partial charge in [-0.1, -0.05) is 30.8 Å². The normalized spacial score (nSPS) is 21.4. The van der Waals surface area contributed by atoms with Gasteiger partial charge in [-0.25, -0.2) is 0 Å². The molecule has 0 spiro atoms. The SMILES string of the molecule is [2H]C([2H])([2H])N1CCN(C([2H])([2H])CCN2c3ccccc3Sc3ccc(SCC)cc32)CC1. The van der Waals surface area contributed by atoms with Gasteiger partial charge in [-0.2, -0.15) is 0 Å². The highest BCUT2D eigenvalue weighted by Gasteiger charge is 2.23. The zero-order valence-corrected chi connectivity index (χ0v) is 17.3. The average molecular weight is 405 g/mol. The molecule has 5 heteroatoms. The average Bonchev–Trinajstić information content (AvgIpc) is 2.76. The number of nitrogens with zero attached hydrogens (tertiary/aromatic N) is 3. The number of hydrogen-bond donors (Lipinski definition) is 0. The number of likely N-dealkylation sites (N-methyl/N-ethyl adjacent to an activating group) is 1. The first-order valence-corrected chi connectivity index (χ1v) is 11.3.